The Bertz CT molecular complexity index is 1040. The molecular weight excluding hydrogens is 607 g/mol. The number of fused-ring (bicyclic) bond motifs is 2. The summed E-state index contributed by atoms with van der Waals surface area (Å²) in [6.07, 6.45) is 4.95. The summed E-state index contributed by atoms with van der Waals surface area (Å²) in [6.45, 7) is 39.0. The van der Waals surface area contributed by atoms with Crippen molar-refractivity contribution in [2.45, 2.75) is 125 Å². The number of hydrogen-bond acceptors (Lipinski definition) is 5. The van der Waals surface area contributed by atoms with Crippen LogP contribution in [-0.2, 0) is 0 Å². The summed E-state index contributed by atoms with van der Waals surface area (Å²) in [5.74, 6) is 5.00. The number of oxazole rings is 1. The molecule has 4 nitrogen and oxygen atoms in total. The molecule has 0 bridgehead atoms. The Morgan fingerprint density at radius 3 is 1.15 bits per heavy atom. The average Bonchev–Trinajstić information content (AvgIpc) is 3.63. The number of rotatable bonds is 0. The van der Waals surface area contributed by atoms with Gasteiger partial charge >= 0.3 is 0 Å². The van der Waals surface area contributed by atoms with Crippen molar-refractivity contribution in [1.82, 2.24) is 15.0 Å². The first-order valence-corrected chi connectivity index (χ1v) is 18.6. The first kappa shape index (κ1) is 51.8. The molecule has 274 valence electrons. The van der Waals surface area contributed by atoms with Crippen LogP contribution in [0, 0.1) is 35.5 Å². The molecule has 0 aliphatic rings. The van der Waals surface area contributed by atoms with Crippen LogP contribution in [0.5, 0.6) is 0 Å². The summed E-state index contributed by atoms with van der Waals surface area (Å²) in [4.78, 5) is 11.9. The van der Waals surface area contributed by atoms with Crippen molar-refractivity contribution >= 4 is 32.7 Å². The molecule has 5 rings (SSSR count). The third-order valence-corrected chi connectivity index (χ3v) is 3.85. The number of benzene rings is 2. The van der Waals surface area contributed by atoms with E-state index < -0.39 is 0 Å². The molecular formula is C43H75N3OS. The minimum absolute atomic E-state index is 0.833. The molecule has 0 aliphatic heterocycles. The molecule has 0 spiro atoms. The Morgan fingerprint density at radius 2 is 0.812 bits per heavy atom. The standard InChI is InChI=1S/C7H5NO.C7H5NS.C5H5N.6C4H10/c2*1-2-4-7-6(3-1)8-5-9-7;1-2-4-6-5-3-1;6*1-4(2)3/h2*1-5H;1-5H;6*4H,1-3H3. The molecule has 3 heterocycles. The number of thiazole rings is 1. The Labute approximate surface area is 302 Å². The van der Waals surface area contributed by atoms with Crippen molar-refractivity contribution in [2.75, 3.05) is 0 Å². The molecule has 0 saturated heterocycles. The fraction of sp³-hybridized carbons (Fsp3) is 0.558. The average molecular weight is 682 g/mol. The van der Waals surface area contributed by atoms with Crippen LogP contribution in [0.15, 0.2) is 95.4 Å². The van der Waals surface area contributed by atoms with Gasteiger partial charge < -0.3 is 4.42 Å². The maximum Gasteiger partial charge on any atom is 0.181 e. The predicted octanol–water partition coefficient (Wildman–Crippen LogP) is 15.2. The predicted molar refractivity (Wildman–Crippen MR) is 221 cm³/mol. The monoisotopic (exact) mass is 682 g/mol. The summed E-state index contributed by atoms with van der Waals surface area (Å²) in [7, 11) is 0. The zero-order chi connectivity index (χ0) is 37.9. The molecule has 0 N–H and O–H groups in total. The van der Waals surface area contributed by atoms with Crippen molar-refractivity contribution in [3.05, 3.63) is 91.0 Å². The van der Waals surface area contributed by atoms with Gasteiger partial charge in [0.1, 0.15) is 5.52 Å². The Kier molecular flexibility index (Phi) is 39.7. The van der Waals surface area contributed by atoms with E-state index in [1.54, 1.807) is 23.7 Å². The van der Waals surface area contributed by atoms with E-state index in [4.69, 9.17) is 4.42 Å². The van der Waals surface area contributed by atoms with Gasteiger partial charge in [-0.15, -0.1) is 11.3 Å². The van der Waals surface area contributed by atoms with Crippen LogP contribution < -0.4 is 0 Å². The quantitative estimate of drug-likeness (QED) is 0.163. The van der Waals surface area contributed by atoms with E-state index in [2.05, 4.69) is 146 Å². The van der Waals surface area contributed by atoms with Crippen molar-refractivity contribution in [3.63, 3.8) is 0 Å². The third kappa shape index (κ3) is 55.4. The highest BCUT2D eigenvalue weighted by Crippen LogP contribution is 2.15. The van der Waals surface area contributed by atoms with Crippen LogP contribution in [0.25, 0.3) is 21.3 Å². The zero-order valence-corrected chi connectivity index (χ0v) is 35.1. The highest BCUT2D eigenvalue weighted by molar-refractivity contribution is 7.16. The summed E-state index contributed by atoms with van der Waals surface area (Å²) >= 11 is 1.68. The molecule has 0 atom stereocenters. The second-order valence-corrected chi connectivity index (χ2v) is 15.9. The minimum Gasteiger partial charge on any atom is -0.443 e. The van der Waals surface area contributed by atoms with E-state index in [-0.39, 0.29) is 0 Å². The normalized spacial score (nSPS) is 9.33. The van der Waals surface area contributed by atoms with Crippen LogP contribution in [0.1, 0.15) is 125 Å². The molecule has 0 saturated carbocycles. The highest BCUT2D eigenvalue weighted by atomic mass is 32.1. The molecule has 2 aromatic carbocycles. The first-order chi connectivity index (χ1) is 22.3. The number of aromatic nitrogens is 3. The summed E-state index contributed by atoms with van der Waals surface area (Å²) < 4.78 is 6.27. The lowest BCUT2D eigenvalue weighted by Gasteiger charge is -1.80. The number of para-hydroxylation sites is 3. The Balaban J connectivity index is -0.000000234. The molecule has 0 unspecified atom stereocenters. The number of hydrogen-bond donors (Lipinski definition) is 0. The van der Waals surface area contributed by atoms with Gasteiger partial charge in [-0.3, -0.25) is 4.98 Å². The van der Waals surface area contributed by atoms with Crippen molar-refractivity contribution in [1.29, 1.82) is 0 Å². The molecule has 48 heavy (non-hydrogen) atoms. The summed E-state index contributed by atoms with van der Waals surface area (Å²) in [6, 6.07) is 21.5. The second-order valence-electron chi connectivity index (χ2n) is 15.1. The third-order valence-electron chi connectivity index (χ3n) is 3.04. The van der Waals surface area contributed by atoms with E-state index in [1.807, 2.05) is 66.2 Å². The van der Waals surface area contributed by atoms with E-state index >= 15 is 0 Å². The van der Waals surface area contributed by atoms with E-state index in [1.165, 1.54) is 11.1 Å². The van der Waals surface area contributed by atoms with Crippen molar-refractivity contribution in [2.24, 2.45) is 35.5 Å². The lowest BCUT2D eigenvalue weighted by molar-refractivity contribution is 0.602. The van der Waals surface area contributed by atoms with Gasteiger partial charge in [-0.2, -0.15) is 0 Å². The van der Waals surface area contributed by atoms with E-state index in [0.29, 0.717) is 0 Å². The fourth-order valence-corrected chi connectivity index (χ4v) is 2.60. The highest BCUT2D eigenvalue weighted by Gasteiger charge is 1.91. The number of nitrogens with zero attached hydrogens (tertiary/aromatic N) is 3. The zero-order valence-electron chi connectivity index (χ0n) is 34.3. The smallest absolute Gasteiger partial charge is 0.181 e. The summed E-state index contributed by atoms with van der Waals surface area (Å²) in [5, 5.41) is 0. The first-order valence-electron chi connectivity index (χ1n) is 17.7. The lowest BCUT2D eigenvalue weighted by atomic mass is 10.3. The maximum atomic E-state index is 5.01. The minimum atomic E-state index is 0.833. The largest absolute Gasteiger partial charge is 0.443 e. The maximum absolute atomic E-state index is 5.01. The van der Waals surface area contributed by atoms with Crippen molar-refractivity contribution in [3.8, 4) is 0 Å². The fourth-order valence-electron chi connectivity index (χ4n) is 1.92. The van der Waals surface area contributed by atoms with Gasteiger partial charge in [-0.1, -0.05) is 155 Å². The van der Waals surface area contributed by atoms with E-state index in [9.17, 15) is 0 Å². The van der Waals surface area contributed by atoms with Gasteiger partial charge in [-0.25, -0.2) is 9.97 Å². The molecule has 0 aliphatic carbocycles. The molecule has 5 heteroatoms. The molecule has 0 amide bonds. The van der Waals surface area contributed by atoms with Gasteiger partial charge in [0.25, 0.3) is 0 Å². The number of pyridine rings is 1. The van der Waals surface area contributed by atoms with Crippen LogP contribution in [-0.4, -0.2) is 15.0 Å². The summed E-state index contributed by atoms with van der Waals surface area (Å²) in [5.41, 5.74) is 4.72. The topological polar surface area (TPSA) is 51.8 Å². The Morgan fingerprint density at radius 1 is 0.438 bits per heavy atom. The molecule has 0 radical (unpaired) electrons. The van der Waals surface area contributed by atoms with E-state index in [0.717, 1.165) is 52.1 Å². The van der Waals surface area contributed by atoms with Crippen LogP contribution in [0.4, 0.5) is 0 Å². The van der Waals surface area contributed by atoms with Crippen LogP contribution >= 0.6 is 11.3 Å². The SMILES string of the molecule is CC(C)C.CC(C)C.CC(C)C.CC(C)C.CC(C)C.CC(C)C.c1ccc2ocnc2c1.c1ccc2scnc2c1.c1ccncc1. The molecule has 5 aromatic rings. The second kappa shape index (κ2) is 36.8. The lowest BCUT2D eigenvalue weighted by Crippen LogP contribution is -1.66. The van der Waals surface area contributed by atoms with Crippen LogP contribution in [0.3, 0.4) is 0 Å². The van der Waals surface area contributed by atoms with Gasteiger partial charge in [0.15, 0.2) is 12.0 Å². The van der Waals surface area contributed by atoms with Gasteiger partial charge in [0, 0.05) is 12.4 Å². The molecule has 0 fully saturated rings. The van der Waals surface area contributed by atoms with Gasteiger partial charge in [-0.05, 0) is 71.9 Å². The molecule has 3 aromatic heterocycles. The van der Waals surface area contributed by atoms with Crippen molar-refractivity contribution < 1.29 is 4.42 Å². The van der Waals surface area contributed by atoms with Gasteiger partial charge in [0.2, 0.25) is 0 Å². The Hall–Kier alpha value is -3.05. The van der Waals surface area contributed by atoms with Gasteiger partial charge in [0.05, 0.1) is 15.7 Å². The van der Waals surface area contributed by atoms with Crippen LogP contribution in [0.2, 0.25) is 0 Å².